The fourth-order valence-corrected chi connectivity index (χ4v) is 3.75. The van der Waals surface area contributed by atoms with Crippen LogP contribution >= 0.6 is 0 Å². The van der Waals surface area contributed by atoms with E-state index in [9.17, 15) is 9.59 Å². The molecular formula is C17H30N4O2. The molecule has 6 heteroatoms. The van der Waals surface area contributed by atoms with Gasteiger partial charge in [-0.1, -0.05) is 0 Å². The highest BCUT2D eigenvalue weighted by Gasteiger charge is 2.34. The second kappa shape index (κ2) is 7.07. The summed E-state index contributed by atoms with van der Waals surface area (Å²) in [6.45, 7) is 2.90. The van der Waals surface area contributed by atoms with Crippen molar-refractivity contribution in [2.75, 3.05) is 40.3 Å². The molecule has 2 atom stereocenters. The number of hydrogen-bond donors (Lipinski definition) is 1. The molecule has 6 nitrogen and oxygen atoms in total. The summed E-state index contributed by atoms with van der Waals surface area (Å²) in [5.41, 5.74) is 0. The molecule has 0 radical (unpaired) electrons. The molecule has 1 saturated heterocycles. The van der Waals surface area contributed by atoms with Gasteiger partial charge in [-0.3, -0.25) is 4.79 Å². The molecular weight excluding hydrogens is 292 g/mol. The van der Waals surface area contributed by atoms with Gasteiger partial charge in [0.15, 0.2) is 0 Å². The first-order chi connectivity index (χ1) is 11.0. The predicted octanol–water partition coefficient (Wildman–Crippen LogP) is 1.12. The summed E-state index contributed by atoms with van der Waals surface area (Å²) in [5.74, 6) is 0.578. The van der Waals surface area contributed by atoms with Crippen molar-refractivity contribution in [2.24, 2.45) is 5.92 Å². The van der Waals surface area contributed by atoms with Crippen molar-refractivity contribution in [1.82, 2.24) is 20.0 Å². The molecule has 0 aromatic carbocycles. The van der Waals surface area contributed by atoms with Gasteiger partial charge in [-0.2, -0.15) is 0 Å². The summed E-state index contributed by atoms with van der Waals surface area (Å²) in [6.07, 6.45) is 6.24. The number of rotatable bonds is 3. The highest BCUT2D eigenvalue weighted by molar-refractivity contribution is 5.81. The third-order valence-corrected chi connectivity index (χ3v) is 5.48. The van der Waals surface area contributed by atoms with E-state index in [2.05, 4.69) is 24.3 Å². The van der Waals surface area contributed by atoms with Crippen molar-refractivity contribution >= 4 is 11.9 Å². The van der Waals surface area contributed by atoms with Crippen LogP contribution in [-0.4, -0.2) is 79.0 Å². The molecule has 0 aromatic rings. The lowest BCUT2D eigenvalue weighted by Gasteiger charge is -2.25. The smallest absolute Gasteiger partial charge is 0.317 e. The van der Waals surface area contributed by atoms with Crippen LogP contribution < -0.4 is 5.32 Å². The van der Waals surface area contributed by atoms with Crippen LogP contribution in [0, 0.1) is 5.92 Å². The summed E-state index contributed by atoms with van der Waals surface area (Å²) in [6, 6.07) is 0.925. The Morgan fingerprint density at radius 3 is 2.30 bits per heavy atom. The summed E-state index contributed by atoms with van der Waals surface area (Å²) >= 11 is 0. The van der Waals surface area contributed by atoms with Crippen molar-refractivity contribution in [1.29, 1.82) is 0 Å². The maximum absolute atomic E-state index is 12.5. The van der Waals surface area contributed by atoms with Crippen LogP contribution in [0.25, 0.3) is 0 Å². The van der Waals surface area contributed by atoms with Crippen LogP contribution in [0.5, 0.6) is 0 Å². The van der Waals surface area contributed by atoms with Crippen molar-refractivity contribution in [2.45, 2.75) is 50.6 Å². The Morgan fingerprint density at radius 2 is 1.65 bits per heavy atom. The summed E-state index contributed by atoms with van der Waals surface area (Å²) in [7, 11) is 4.21. The van der Waals surface area contributed by atoms with E-state index >= 15 is 0 Å². The average molecular weight is 322 g/mol. The number of urea groups is 1. The topological polar surface area (TPSA) is 55.9 Å². The lowest BCUT2D eigenvalue weighted by molar-refractivity contribution is -0.132. The second-order valence-corrected chi connectivity index (χ2v) is 7.52. The van der Waals surface area contributed by atoms with Crippen LogP contribution in [-0.2, 0) is 4.79 Å². The molecule has 3 aliphatic rings. The quantitative estimate of drug-likeness (QED) is 0.847. The van der Waals surface area contributed by atoms with Crippen molar-refractivity contribution < 1.29 is 9.59 Å². The first-order valence-electron chi connectivity index (χ1n) is 9.05. The van der Waals surface area contributed by atoms with Crippen LogP contribution in [0.3, 0.4) is 0 Å². The zero-order chi connectivity index (χ0) is 16.4. The highest BCUT2D eigenvalue weighted by atomic mass is 16.2. The zero-order valence-corrected chi connectivity index (χ0v) is 14.5. The number of nitrogens with one attached hydrogen (secondary N) is 1. The van der Waals surface area contributed by atoms with Crippen LogP contribution in [0.15, 0.2) is 0 Å². The number of amides is 3. The summed E-state index contributed by atoms with van der Waals surface area (Å²) < 4.78 is 0. The second-order valence-electron chi connectivity index (χ2n) is 7.52. The summed E-state index contributed by atoms with van der Waals surface area (Å²) in [4.78, 5) is 30.8. The van der Waals surface area contributed by atoms with Gasteiger partial charge < -0.3 is 20.0 Å². The predicted molar refractivity (Wildman–Crippen MR) is 89.1 cm³/mol. The molecule has 0 aromatic heterocycles. The molecule has 23 heavy (non-hydrogen) atoms. The van der Waals surface area contributed by atoms with E-state index in [0.717, 1.165) is 51.6 Å². The lowest BCUT2D eigenvalue weighted by atomic mass is 10.2. The minimum absolute atomic E-state index is 0.0510. The standard InChI is InChI=1S/C17H30N4O2/c1-19(2)15-7-6-14(12-15)18-17(23)21-9-3-8-20(10-11-21)16(22)13-4-5-13/h13-15H,3-12H2,1-2H3,(H,18,23). The number of hydrogen-bond acceptors (Lipinski definition) is 3. The molecule has 1 N–H and O–H groups in total. The Hall–Kier alpha value is -1.30. The molecule has 0 bridgehead atoms. The van der Waals surface area contributed by atoms with E-state index in [-0.39, 0.29) is 11.9 Å². The number of carbonyl (C=O) groups excluding carboxylic acids is 2. The third kappa shape index (κ3) is 4.16. The molecule has 2 aliphatic carbocycles. The molecule has 2 unspecified atom stereocenters. The zero-order valence-electron chi connectivity index (χ0n) is 14.5. The van der Waals surface area contributed by atoms with Crippen molar-refractivity contribution in [3.8, 4) is 0 Å². The largest absolute Gasteiger partial charge is 0.341 e. The highest BCUT2D eigenvalue weighted by Crippen LogP contribution is 2.31. The molecule has 3 rings (SSSR count). The Kier molecular flexibility index (Phi) is 5.09. The van der Waals surface area contributed by atoms with E-state index in [1.165, 1.54) is 0 Å². The van der Waals surface area contributed by atoms with Gasteiger partial charge in [-0.15, -0.1) is 0 Å². The van der Waals surface area contributed by atoms with E-state index in [4.69, 9.17) is 0 Å². The monoisotopic (exact) mass is 322 g/mol. The first kappa shape index (κ1) is 16.6. The normalized spacial score (nSPS) is 28.8. The van der Waals surface area contributed by atoms with Gasteiger partial charge in [0.05, 0.1) is 0 Å². The average Bonchev–Trinajstić information content (AvgIpc) is 3.30. The van der Waals surface area contributed by atoms with Gasteiger partial charge in [0.1, 0.15) is 0 Å². The minimum atomic E-state index is 0.0510. The van der Waals surface area contributed by atoms with Gasteiger partial charge in [-0.05, 0) is 52.6 Å². The van der Waals surface area contributed by atoms with Gasteiger partial charge in [0.2, 0.25) is 5.91 Å². The maximum Gasteiger partial charge on any atom is 0.317 e. The Labute approximate surface area is 139 Å². The van der Waals surface area contributed by atoms with E-state index in [1.54, 1.807) is 0 Å². The molecule has 0 spiro atoms. The first-order valence-corrected chi connectivity index (χ1v) is 9.05. The van der Waals surface area contributed by atoms with E-state index in [1.807, 2.05) is 9.80 Å². The van der Waals surface area contributed by atoms with Gasteiger partial charge in [0.25, 0.3) is 0 Å². The minimum Gasteiger partial charge on any atom is -0.341 e. The van der Waals surface area contributed by atoms with Crippen LogP contribution in [0.1, 0.15) is 38.5 Å². The number of nitrogens with zero attached hydrogens (tertiary/aromatic N) is 3. The third-order valence-electron chi connectivity index (χ3n) is 5.48. The molecule has 3 fully saturated rings. The van der Waals surface area contributed by atoms with Gasteiger partial charge in [-0.25, -0.2) is 4.79 Å². The van der Waals surface area contributed by atoms with Crippen LogP contribution in [0.4, 0.5) is 4.79 Å². The van der Waals surface area contributed by atoms with E-state index in [0.29, 0.717) is 31.1 Å². The molecule has 3 amide bonds. The Bertz CT molecular complexity index is 450. The Morgan fingerprint density at radius 1 is 0.957 bits per heavy atom. The molecule has 1 aliphatic heterocycles. The molecule has 130 valence electrons. The Balaban J connectivity index is 1.45. The SMILES string of the molecule is CN(C)C1CCC(NC(=O)N2CCCN(C(=O)C3CC3)CC2)C1. The van der Waals surface area contributed by atoms with Crippen molar-refractivity contribution in [3.63, 3.8) is 0 Å². The fraction of sp³-hybridized carbons (Fsp3) is 0.882. The lowest BCUT2D eigenvalue weighted by Crippen LogP contribution is -2.46. The molecule has 2 saturated carbocycles. The van der Waals surface area contributed by atoms with Crippen molar-refractivity contribution in [3.05, 3.63) is 0 Å². The molecule has 1 heterocycles. The maximum atomic E-state index is 12.5. The van der Waals surface area contributed by atoms with E-state index < -0.39 is 0 Å². The van der Waals surface area contributed by atoms with Crippen LogP contribution in [0.2, 0.25) is 0 Å². The summed E-state index contributed by atoms with van der Waals surface area (Å²) in [5, 5.41) is 3.20. The van der Waals surface area contributed by atoms with Gasteiger partial charge >= 0.3 is 6.03 Å². The number of carbonyl (C=O) groups is 2. The fourth-order valence-electron chi connectivity index (χ4n) is 3.75. The van der Waals surface area contributed by atoms with Gasteiger partial charge in [0, 0.05) is 44.2 Å².